The highest BCUT2D eigenvalue weighted by Crippen LogP contribution is 2.28. The third kappa shape index (κ3) is 5.00. The van der Waals surface area contributed by atoms with Gasteiger partial charge in [-0.15, -0.1) is 0 Å². The summed E-state index contributed by atoms with van der Waals surface area (Å²) in [4.78, 5) is 12.4. The molecule has 2 aromatic rings. The highest BCUT2D eigenvalue weighted by Gasteiger charge is 2.13. The number of rotatable bonds is 6. The Morgan fingerprint density at radius 2 is 2.00 bits per heavy atom. The number of methoxy groups -OCH3 is 1. The first-order valence-electron chi connectivity index (χ1n) is 7.57. The molecule has 0 aromatic heterocycles. The number of nitrogens with zero attached hydrogens (tertiary/aromatic N) is 1. The molecule has 0 aliphatic rings. The summed E-state index contributed by atoms with van der Waals surface area (Å²) in [5, 5.41) is 12.4. The van der Waals surface area contributed by atoms with Gasteiger partial charge in [0.05, 0.1) is 19.4 Å². The van der Waals surface area contributed by atoms with Crippen LogP contribution in [0.2, 0.25) is 5.02 Å². The molecular formula is C19H17ClN2O3. The second-order valence-corrected chi connectivity index (χ2v) is 5.41. The molecule has 0 heterocycles. The highest BCUT2D eigenvalue weighted by molar-refractivity contribution is 6.31. The predicted molar refractivity (Wildman–Crippen MR) is 97.8 cm³/mol. The number of ether oxygens (including phenoxy) is 2. The average Bonchev–Trinajstić information content (AvgIpc) is 2.61. The fraction of sp³-hybridized carbons (Fsp3) is 0.158. The van der Waals surface area contributed by atoms with Gasteiger partial charge in [0.1, 0.15) is 23.1 Å². The average molecular weight is 357 g/mol. The molecule has 0 fully saturated rings. The van der Waals surface area contributed by atoms with Gasteiger partial charge in [0.15, 0.2) is 0 Å². The molecule has 128 valence electrons. The number of nitrogens with one attached hydrogen (secondary N) is 1. The van der Waals surface area contributed by atoms with Crippen molar-refractivity contribution in [2.75, 3.05) is 19.0 Å². The van der Waals surface area contributed by atoms with Crippen molar-refractivity contribution < 1.29 is 14.3 Å². The smallest absolute Gasteiger partial charge is 0.266 e. The molecule has 0 unspecified atom stereocenters. The normalized spacial score (nSPS) is 10.7. The van der Waals surface area contributed by atoms with E-state index in [1.165, 1.54) is 13.2 Å². The summed E-state index contributed by atoms with van der Waals surface area (Å²) in [7, 11) is 1.49. The van der Waals surface area contributed by atoms with E-state index in [1.807, 2.05) is 13.0 Å². The number of carbonyl (C=O) groups is 1. The molecule has 2 rings (SSSR count). The molecule has 0 atom stereocenters. The zero-order valence-corrected chi connectivity index (χ0v) is 14.6. The number of nitriles is 1. The van der Waals surface area contributed by atoms with Gasteiger partial charge < -0.3 is 14.8 Å². The maximum absolute atomic E-state index is 12.4. The van der Waals surface area contributed by atoms with Crippen molar-refractivity contribution in [3.8, 4) is 17.6 Å². The van der Waals surface area contributed by atoms with Gasteiger partial charge in [-0.25, -0.2) is 0 Å². The number of carbonyl (C=O) groups excluding carboxylic acids is 1. The quantitative estimate of drug-likeness (QED) is 0.619. The maximum atomic E-state index is 12.4. The Labute approximate surface area is 151 Å². The van der Waals surface area contributed by atoms with E-state index in [1.54, 1.807) is 42.5 Å². The van der Waals surface area contributed by atoms with E-state index in [-0.39, 0.29) is 5.57 Å². The molecule has 6 heteroatoms. The van der Waals surface area contributed by atoms with Gasteiger partial charge in [-0.2, -0.15) is 5.26 Å². The minimum absolute atomic E-state index is 0.0359. The molecule has 5 nitrogen and oxygen atoms in total. The molecular weight excluding hydrogens is 340 g/mol. The molecule has 0 aliphatic carbocycles. The lowest BCUT2D eigenvalue weighted by Crippen LogP contribution is -2.14. The molecule has 0 aliphatic heterocycles. The summed E-state index contributed by atoms with van der Waals surface area (Å²) in [5.41, 5.74) is 1.08. The lowest BCUT2D eigenvalue weighted by Gasteiger charge is -2.10. The number of amides is 1. The van der Waals surface area contributed by atoms with E-state index >= 15 is 0 Å². The molecule has 0 radical (unpaired) electrons. The largest absolute Gasteiger partial charge is 0.495 e. The fourth-order valence-electron chi connectivity index (χ4n) is 2.11. The zero-order valence-electron chi connectivity index (χ0n) is 13.9. The third-order valence-corrected chi connectivity index (χ3v) is 3.51. The van der Waals surface area contributed by atoms with Crippen LogP contribution in [-0.2, 0) is 4.79 Å². The van der Waals surface area contributed by atoms with Crippen LogP contribution >= 0.6 is 11.6 Å². The van der Waals surface area contributed by atoms with Crippen molar-refractivity contribution in [2.45, 2.75) is 6.92 Å². The lowest BCUT2D eigenvalue weighted by atomic mass is 10.1. The number of benzene rings is 2. The van der Waals surface area contributed by atoms with Crippen molar-refractivity contribution in [3.63, 3.8) is 0 Å². The molecule has 25 heavy (non-hydrogen) atoms. The Bertz CT molecular complexity index is 824. The second-order valence-electron chi connectivity index (χ2n) is 4.97. The Hall–Kier alpha value is -2.97. The van der Waals surface area contributed by atoms with E-state index < -0.39 is 5.91 Å². The van der Waals surface area contributed by atoms with E-state index in [0.717, 1.165) is 5.75 Å². The van der Waals surface area contributed by atoms with E-state index in [9.17, 15) is 10.1 Å². The monoisotopic (exact) mass is 356 g/mol. The molecule has 0 spiro atoms. The summed E-state index contributed by atoms with van der Waals surface area (Å²) in [6.07, 6.45) is 1.50. The first kappa shape index (κ1) is 18.4. The van der Waals surface area contributed by atoms with E-state index in [0.29, 0.717) is 28.6 Å². The number of halogens is 1. The summed E-state index contributed by atoms with van der Waals surface area (Å²) in [6.45, 7) is 2.47. The van der Waals surface area contributed by atoms with Gasteiger partial charge in [0.2, 0.25) is 0 Å². The summed E-state index contributed by atoms with van der Waals surface area (Å²) >= 11 is 5.94. The molecule has 0 saturated carbocycles. The number of hydrogen-bond acceptors (Lipinski definition) is 4. The van der Waals surface area contributed by atoms with Gasteiger partial charge in [0, 0.05) is 5.02 Å². The van der Waals surface area contributed by atoms with Crippen LogP contribution < -0.4 is 14.8 Å². The van der Waals surface area contributed by atoms with Crippen LogP contribution in [0, 0.1) is 11.3 Å². The Kier molecular flexibility index (Phi) is 6.44. The minimum Gasteiger partial charge on any atom is -0.495 e. The topological polar surface area (TPSA) is 71.3 Å². The van der Waals surface area contributed by atoms with Crippen molar-refractivity contribution in [1.82, 2.24) is 0 Å². The molecule has 2 aromatic carbocycles. The first-order chi connectivity index (χ1) is 12.1. The van der Waals surface area contributed by atoms with Gasteiger partial charge >= 0.3 is 0 Å². The minimum atomic E-state index is -0.544. The number of hydrogen-bond donors (Lipinski definition) is 1. The van der Waals surface area contributed by atoms with Crippen LogP contribution in [0.5, 0.6) is 11.5 Å². The van der Waals surface area contributed by atoms with Crippen LogP contribution in [0.25, 0.3) is 6.08 Å². The third-order valence-electron chi connectivity index (χ3n) is 3.28. The van der Waals surface area contributed by atoms with Crippen LogP contribution in [0.1, 0.15) is 12.5 Å². The van der Waals surface area contributed by atoms with Gasteiger partial charge in [-0.05, 0) is 48.9 Å². The Morgan fingerprint density at radius 3 is 2.60 bits per heavy atom. The molecule has 0 saturated heterocycles. The Balaban J connectivity index is 2.21. The predicted octanol–water partition coefficient (Wildman–Crippen LogP) is 4.29. The summed E-state index contributed by atoms with van der Waals surface area (Å²) < 4.78 is 10.5. The number of anilines is 1. The SMILES string of the molecule is CCOc1ccc(/C=C(\C#N)C(=O)Nc2cc(Cl)ccc2OC)cc1. The van der Waals surface area contributed by atoms with Crippen LogP contribution in [0.4, 0.5) is 5.69 Å². The molecule has 1 N–H and O–H groups in total. The van der Waals surface area contributed by atoms with Gasteiger partial charge in [0.25, 0.3) is 5.91 Å². The fourth-order valence-corrected chi connectivity index (χ4v) is 2.28. The van der Waals surface area contributed by atoms with Crippen LogP contribution in [-0.4, -0.2) is 19.6 Å². The van der Waals surface area contributed by atoms with Crippen molar-refractivity contribution in [2.24, 2.45) is 0 Å². The van der Waals surface area contributed by atoms with Crippen molar-refractivity contribution in [3.05, 3.63) is 58.6 Å². The highest BCUT2D eigenvalue weighted by atomic mass is 35.5. The standard InChI is InChI=1S/C19H17ClN2O3/c1-3-25-16-7-4-13(5-8-16)10-14(12-21)19(23)22-17-11-15(20)6-9-18(17)24-2/h4-11H,3H2,1-2H3,(H,22,23)/b14-10+. The van der Waals surface area contributed by atoms with Gasteiger partial charge in [-0.1, -0.05) is 23.7 Å². The lowest BCUT2D eigenvalue weighted by molar-refractivity contribution is -0.112. The zero-order chi connectivity index (χ0) is 18.2. The van der Waals surface area contributed by atoms with E-state index in [4.69, 9.17) is 21.1 Å². The Morgan fingerprint density at radius 1 is 1.28 bits per heavy atom. The summed E-state index contributed by atoms with van der Waals surface area (Å²) in [5.74, 6) is 0.638. The molecule has 1 amide bonds. The first-order valence-corrected chi connectivity index (χ1v) is 7.94. The second kappa shape index (κ2) is 8.76. The van der Waals surface area contributed by atoms with E-state index in [2.05, 4.69) is 5.32 Å². The van der Waals surface area contributed by atoms with Crippen molar-refractivity contribution >= 4 is 29.3 Å². The summed E-state index contributed by atoms with van der Waals surface area (Å²) in [6, 6.07) is 13.9. The van der Waals surface area contributed by atoms with Crippen LogP contribution in [0.15, 0.2) is 48.0 Å². The van der Waals surface area contributed by atoms with Crippen molar-refractivity contribution in [1.29, 1.82) is 5.26 Å². The van der Waals surface area contributed by atoms with Gasteiger partial charge in [-0.3, -0.25) is 4.79 Å². The maximum Gasteiger partial charge on any atom is 0.266 e. The van der Waals surface area contributed by atoms with Crippen LogP contribution in [0.3, 0.4) is 0 Å². The molecule has 0 bridgehead atoms.